The first-order chi connectivity index (χ1) is 11.0. The Bertz CT molecular complexity index is 584. The molecule has 3 aliphatic rings. The van der Waals surface area contributed by atoms with E-state index < -0.39 is 11.9 Å². The van der Waals surface area contributed by atoms with Crippen LogP contribution in [0.4, 0.5) is 0 Å². The molecule has 1 aromatic rings. The highest BCUT2D eigenvalue weighted by molar-refractivity contribution is 5.78. The second-order valence-electron chi connectivity index (χ2n) is 6.94. The summed E-state index contributed by atoms with van der Waals surface area (Å²) >= 11 is 0. The first-order valence-electron chi connectivity index (χ1n) is 8.11. The summed E-state index contributed by atoms with van der Waals surface area (Å²) in [5.74, 6) is -1.09. The zero-order chi connectivity index (χ0) is 16.2. The number of piperidine rings is 1. The van der Waals surface area contributed by atoms with Crippen molar-refractivity contribution in [1.82, 2.24) is 0 Å². The van der Waals surface area contributed by atoms with Gasteiger partial charge in [-0.3, -0.25) is 4.79 Å². The van der Waals surface area contributed by atoms with E-state index in [1.807, 2.05) is 18.2 Å². The largest absolute Gasteiger partial charge is 0.632 e. The maximum atomic E-state index is 12.6. The van der Waals surface area contributed by atoms with Crippen molar-refractivity contribution in [2.75, 3.05) is 13.7 Å². The summed E-state index contributed by atoms with van der Waals surface area (Å²) in [5.41, 5.74) is 0.745. The second kappa shape index (κ2) is 5.27. The van der Waals surface area contributed by atoms with E-state index in [-0.39, 0.29) is 41.6 Å². The van der Waals surface area contributed by atoms with Crippen molar-refractivity contribution in [2.24, 2.45) is 0 Å². The normalized spacial score (nSPS) is 42.0. The van der Waals surface area contributed by atoms with Gasteiger partial charge in [0.15, 0.2) is 0 Å². The molecule has 1 aromatic carbocycles. The average molecular weight is 319 g/mol. The monoisotopic (exact) mass is 319 g/mol. The number of hydroxylamine groups is 3. The van der Waals surface area contributed by atoms with Crippen LogP contribution in [0.5, 0.6) is 0 Å². The number of carbonyl (C=O) groups excluding carboxylic acids is 1. The molecule has 4 rings (SSSR count). The van der Waals surface area contributed by atoms with Gasteiger partial charge >= 0.3 is 5.97 Å². The minimum atomic E-state index is -0.672. The van der Waals surface area contributed by atoms with Crippen molar-refractivity contribution < 1.29 is 24.0 Å². The lowest BCUT2D eigenvalue weighted by molar-refractivity contribution is -0.911. The zero-order valence-electron chi connectivity index (χ0n) is 13.0. The molecule has 6 heteroatoms. The average Bonchev–Trinajstić information content (AvgIpc) is 3.27. The van der Waals surface area contributed by atoms with Gasteiger partial charge in [0, 0.05) is 12.8 Å². The number of morpholine rings is 1. The molecule has 6 nitrogen and oxygen atoms in total. The number of rotatable bonds is 4. The molecule has 0 saturated carbocycles. The van der Waals surface area contributed by atoms with Crippen LogP contribution in [0.1, 0.15) is 24.3 Å². The van der Waals surface area contributed by atoms with Gasteiger partial charge in [-0.2, -0.15) is 0 Å². The fourth-order valence-corrected chi connectivity index (χ4v) is 4.25. The molecule has 3 aliphatic heterocycles. The number of likely N-dealkylation sites (N-methyl/N-ethyl adjacent to an activating group) is 1. The standard InChI is InChI=1S/C17H21NO5/c1-18(21)13-7-11(8-14(18)16-15(13)23-16)22-17(20)12(9-19)10-5-3-2-4-6-10/h2-6,11-16,19H,7-9H2,1H3/t11?,12-,13+,14+,15+,16+,18?/m0/s1. The number of hydrogen-bond acceptors (Lipinski definition) is 5. The number of aliphatic hydroxyl groups excluding tert-OH is 1. The van der Waals surface area contributed by atoms with Gasteiger partial charge in [-0.25, -0.2) is 0 Å². The molecule has 0 amide bonds. The van der Waals surface area contributed by atoms with Gasteiger partial charge in [0.05, 0.1) is 13.7 Å². The molecule has 0 aliphatic carbocycles. The van der Waals surface area contributed by atoms with Crippen LogP contribution in [-0.2, 0) is 14.3 Å². The number of fused-ring (bicyclic) bond motifs is 5. The third-order valence-electron chi connectivity index (χ3n) is 5.60. The van der Waals surface area contributed by atoms with Gasteiger partial charge in [0.1, 0.15) is 36.3 Å². The minimum absolute atomic E-state index is 0.0361. The Balaban J connectivity index is 1.44. The third-order valence-corrected chi connectivity index (χ3v) is 5.60. The van der Waals surface area contributed by atoms with Gasteiger partial charge < -0.3 is 24.4 Å². The topological polar surface area (TPSA) is 82.1 Å². The highest BCUT2D eigenvalue weighted by atomic mass is 16.6. The smallest absolute Gasteiger partial charge is 0.316 e. The zero-order valence-corrected chi connectivity index (χ0v) is 13.0. The number of hydrogen-bond donors (Lipinski definition) is 1. The number of aliphatic hydroxyl groups is 1. The lowest BCUT2D eigenvalue weighted by atomic mass is 9.97. The van der Waals surface area contributed by atoms with Gasteiger partial charge in [-0.05, 0) is 5.56 Å². The van der Waals surface area contributed by atoms with E-state index >= 15 is 0 Å². The number of benzene rings is 1. The fraction of sp³-hybridized carbons (Fsp3) is 0.588. The molecule has 5 atom stereocenters. The lowest BCUT2D eigenvalue weighted by Crippen LogP contribution is -2.58. The van der Waals surface area contributed by atoms with E-state index in [0.717, 1.165) is 5.56 Å². The van der Waals surface area contributed by atoms with Crippen LogP contribution in [0.25, 0.3) is 0 Å². The number of quaternary nitrogens is 1. The lowest BCUT2D eigenvalue weighted by Gasteiger charge is -2.51. The molecule has 124 valence electrons. The molecule has 3 heterocycles. The molecule has 0 aromatic heterocycles. The van der Waals surface area contributed by atoms with Gasteiger partial charge in [0.2, 0.25) is 0 Å². The fourth-order valence-electron chi connectivity index (χ4n) is 4.25. The number of epoxide rings is 1. The van der Waals surface area contributed by atoms with Crippen molar-refractivity contribution in [1.29, 1.82) is 0 Å². The molecule has 3 saturated heterocycles. The van der Waals surface area contributed by atoms with Crippen molar-refractivity contribution >= 4 is 5.97 Å². The van der Waals surface area contributed by atoms with Crippen LogP contribution in [0.2, 0.25) is 0 Å². The number of ether oxygens (including phenoxy) is 2. The molecule has 3 fully saturated rings. The molecular formula is C17H21NO5. The summed E-state index contributed by atoms with van der Waals surface area (Å²) < 4.78 is 10.9. The van der Waals surface area contributed by atoms with Crippen molar-refractivity contribution in [3.05, 3.63) is 41.1 Å². The van der Waals surface area contributed by atoms with E-state index in [1.54, 1.807) is 19.2 Å². The van der Waals surface area contributed by atoms with E-state index in [0.29, 0.717) is 12.8 Å². The van der Waals surface area contributed by atoms with E-state index in [1.165, 1.54) is 0 Å². The van der Waals surface area contributed by atoms with Gasteiger partial charge in [-0.15, -0.1) is 0 Å². The maximum Gasteiger partial charge on any atom is 0.316 e. The number of esters is 1. The summed E-state index contributed by atoms with van der Waals surface area (Å²) in [6.45, 7) is -0.286. The van der Waals surface area contributed by atoms with Crippen LogP contribution in [-0.4, -0.2) is 59.8 Å². The first-order valence-corrected chi connectivity index (χ1v) is 8.11. The predicted molar refractivity (Wildman–Crippen MR) is 81.2 cm³/mol. The highest BCUT2D eigenvalue weighted by Gasteiger charge is 2.69. The van der Waals surface area contributed by atoms with Crippen LogP contribution in [0, 0.1) is 5.21 Å². The summed E-state index contributed by atoms with van der Waals surface area (Å²) in [4.78, 5) is 12.4. The van der Waals surface area contributed by atoms with Gasteiger partial charge in [-0.1, -0.05) is 30.3 Å². The summed E-state index contributed by atoms with van der Waals surface area (Å²) in [7, 11) is 1.70. The Morgan fingerprint density at radius 3 is 2.52 bits per heavy atom. The second-order valence-corrected chi connectivity index (χ2v) is 6.94. The quantitative estimate of drug-likeness (QED) is 0.386. The minimum Gasteiger partial charge on any atom is -0.632 e. The third kappa shape index (κ3) is 2.37. The van der Waals surface area contributed by atoms with Gasteiger partial charge in [0.25, 0.3) is 0 Å². The Morgan fingerprint density at radius 2 is 1.96 bits per heavy atom. The predicted octanol–water partition coefficient (Wildman–Crippen LogP) is 0.931. The number of carbonyl (C=O) groups is 1. The Labute approximate surface area is 134 Å². The Kier molecular flexibility index (Phi) is 3.46. The Morgan fingerprint density at radius 1 is 1.35 bits per heavy atom. The molecule has 0 unspecified atom stereocenters. The summed E-state index contributed by atoms with van der Waals surface area (Å²) in [5, 5.41) is 22.2. The molecule has 0 radical (unpaired) electrons. The highest BCUT2D eigenvalue weighted by Crippen LogP contribution is 2.52. The van der Waals surface area contributed by atoms with Crippen molar-refractivity contribution in [3.8, 4) is 0 Å². The molecule has 2 bridgehead atoms. The van der Waals surface area contributed by atoms with E-state index in [2.05, 4.69) is 0 Å². The van der Waals surface area contributed by atoms with Crippen LogP contribution >= 0.6 is 0 Å². The molecular weight excluding hydrogens is 298 g/mol. The maximum absolute atomic E-state index is 12.6. The molecule has 23 heavy (non-hydrogen) atoms. The first kappa shape index (κ1) is 15.1. The van der Waals surface area contributed by atoms with Crippen LogP contribution in [0.3, 0.4) is 0 Å². The SMILES string of the molecule is C[N+]1([O-])[C@@H]2CC(OC(=O)[C@@H](CO)c3ccccc3)C[C@@H]1[C@H]1O[C@@H]12. The van der Waals surface area contributed by atoms with Crippen molar-refractivity contribution in [3.63, 3.8) is 0 Å². The number of nitrogens with zero attached hydrogens (tertiary/aromatic N) is 1. The van der Waals surface area contributed by atoms with Crippen LogP contribution in [0.15, 0.2) is 30.3 Å². The molecule has 0 spiro atoms. The van der Waals surface area contributed by atoms with Crippen LogP contribution < -0.4 is 0 Å². The van der Waals surface area contributed by atoms with E-state index in [4.69, 9.17) is 9.47 Å². The van der Waals surface area contributed by atoms with Crippen molar-refractivity contribution in [2.45, 2.75) is 49.2 Å². The Hall–Kier alpha value is -1.47. The summed E-state index contributed by atoms with van der Waals surface area (Å²) in [6, 6.07) is 8.86. The molecule has 1 N–H and O–H groups in total. The van der Waals surface area contributed by atoms with E-state index in [9.17, 15) is 15.1 Å². The summed E-state index contributed by atoms with van der Waals surface area (Å²) in [6.07, 6.45) is 0.891.